The number of benzene rings is 1. The Kier molecular flexibility index (Phi) is 6.12. The summed E-state index contributed by atoms with van der Waals surface area (Å²) in [6.07, 6.45) is 2.62. The van der Waals surface area contributed by atoms with E-state index in [2.05, 4.69) is 45.9 Å². The highest BCUT2D eigenvalue weighted by Gasteiger charge is 2.28. The summed E-state index contributed by atoms with van der Waals surface area (Å²) in [5, 5.41) is 11.6. The molecule has 2 aromatic rings. The van der Waals surface area contributed by atoms with E-state index < -0.39 is 0 Å². The monoisotopic (exact) mass is 351 g/mol. The molecule has 1 fully saturated rings. The van der Waals surface area contributed by atoms with E-state index >= 15 is 0 Å². The molecule has 1 unspecified atom stereocenters. The van der Waals surface area contributed by atoms with Gasteiger partial charge in [0, 0.05) is 25.8 Å². The number of hydrogen-bond acceptors (Lipinski definition) is 6. The molecule has 6 nitrogen and oxygen atoms in total. The molecular formula is C20H25N5O. The number of rotatable bonds is 7. The Balaban J connectivity index is 1.74. The van der Waals surface area contributed by atoms with Gasteiger partial charge in [-0.25, -0.2) is 5.84 Å². The molecule has 1 aliphatic rings. The number of aliphatic imine (C=N–C) groups is 1. The van der Waals surface area contributed by atoms with Crippen LogP contribution in [-0.2, 0) is 6.54 Å². The zero-order valence-corrected chi connectivity index (χ0v) is 14.8. The Bertz CT molecular complexity index is 747. The number of likely N-dealkylation sites (tertiary alicyclic amines) is 1. The predicted octanol–water partition coefficient (Wildman–Crippen LogP) is 1.89. The van der Waals surface area contributed by atoms with Crippen LogP contribution in [0.3, 0.4) is 0 Å². The lowest BCUT2D eigenvalue weighted by Gasteiger charge is -2.29. The summed E-state index contributed by atoms with van der Waals surface area (Å²) in [7, 11) is 0. The summed E-state index contributed by atoms with van der Waals surface area (Å²) in [5.41, 5.74) is 3.01. The second kappa shape index (κ2) is 8.71. The number of nitrogens with zero attached hydrogens (tertiary/aromatic N) is 4. The first-order valence-corrected chi connectivity index (χ1v) is 8.75. The lowest BCUT2D eigenvalue weighted by Crippen LogP contribution is -2.43. The smallest absolute Gasteiger partial charge is 0.111 e. The molecule has 2 heterocycles. The van der Waals surface area contributed by atoms with Crippen molar-refractivity contribution < 1.29 is 5.11 Å². The molecule has 0 saturated carbocycles. The maximum atomic E-state index is 9.91. The quantitative estimate of drug-likeness (QED) is 0.452. The number of pyridine rings is 1. The van der Waals surface area contributed by atoms with Gasteiger partial charge >= 0.3 is 0 Å². The summed E-state index contributed by atoms with van der Waals surface area (Å²) < 4.78 is 0. The van der Waals surface area contributed by atoms with Gasteiger partial charge in [0.25, 0.3) is 0 Å². The van der Waals surface area contributed by atoms with Crippen molar-refractivity contribution in [2.75, 3.05) is 19.7 Å². The van der Waals surface area contributed by atoms with Gasteiger partial charge in [0.15, 0.2) is 0 Å². The third-order valence-electron chi connectivity index (χ3n) is 4.69. The second-order valence-corrected chi connectivity index (χ2v) is 6.40. The molecule has 0 aliphatic carbocycles. The van der Waals surface area contributed by atoms with Crippen LogP contribution >= 0.6 is 0 Å². The van der Waals surface area contributed by atoms with Crippen LogP contribution in [0.15, 0.2) is 65.4 Å². The van der Waals surface area contributed by atoms with Crippen LogP contribution in [0.25, 0.3) is 5.70 Å². The Morgan fingerprint density at radius 3 is 2.69 bits per heavy atom. The van der Waals surface area contributed by atoms with E-state index in [1.54, 1.807) is 11.2 Å². The highest BCUT2D eigenvalue weighted by molar-refractivity contribution is 5.68. The predicted molar refractivity (Wildman–Crippen MR) is 104 cm³/mol. The van der Waals surface area contributed by atoms with Crippen LogP contribution in [0.4, 0.5) is 0 Å². The molecule has 1 aromatic carbocycles. The highest BCUT2D eigenvalue weighted by atomic mass is 16.3. The van der Waals surface area contributed by atoms with Crippen LogP contribution in [0.1, 0.15) is 17.7 Å². The number of hydrazine groups is 1. The van der Waals surface area contributed by atoms with Gasteiger partial charge in [-0.1, -0.05) is 36.4 Å². The van der Waals surface area contributed by atoms with Gasteiger partial charge in [0.05, 0.1) is 24.0 Å². The van der Waals surface area contributed by atoms with Crippen LogP contribution in [0.5, 0.6) is 0 Å². The van der Waals surface area contributed by atoms with Crippen molar-refractivity contribution in [3.05, 3.63) is 71.7 Å². The SMILES string of the molecule is C=N/C(=C(/CO)N(N)C1CCN(Cc2ccccc2)C1)c1ccccn1. The first-order chi connectivity index (χ1) is 12.7. The molecule has 0 radical (unpaired) electrons. The van der Waals surface area contributed by atoms with Crippen LogP contribution < -0.4 is 5.84 Å². The van der Waals surface area contributed by atoms with Gasteiger partial charge in [-0.2, -0.15) is 0 Å². The zero-order valence-electron chi connectivity index (χ0n) is 14.8. The summed E-state index contributed by atoms with van der Waals surface area (Å²) >= 11 is 0. The maximum Gasteiger partial charge on any atom is 0.111 e. The standard InChI is InChI=1S/C20H25N5O/c1-22-20(18-9-5-6-11-23-18)19(15-26)25(21)17-10-12-24(14-17)13-16-7-3-2-4-8-16/h2-9,11,17,26H,1,10,12-15,21H2/b20-19-. The number of aliphatic hydroxyl groups is 1. The summed E-state index contributed by atoms with van der Waals surface area (Å²) in [5.74, 6) is 6.38. The molecule has 0 bridgehead atoms. The zero-order chi connectivity index (χ0) is 18.4. The molecule has 26 heavy (non-hydrogen) atoms. The van der Waals surface area contributed by atoms with E-state index in [0.717, 1.165) is 26.1 Å². The topological polar surface area (TPSA) is 78.0 Å². The van der Waals surface area contributed by atoms with Crippen molar-refractivity contribution in [1.82, 2.24) is 14.9 Å². The number of aromatic nitrogens is 1. The first-order valence-electron chi connectivity index (χ1n) is 8.75. The van der Waals surface area contributed by atoms with E-state index in [0.29, 0.717) is 17.1 Å². The summed E-state index contributed by atoms with van der Waals surface area (Å²) in [6, 6.07) is 16.1. The lowest BCUT2D eigenvalue weighted by molar-refractivity contribution is 0.202. The fraction of sp³-hybridized carbons (Fsp3) is 0.300. The van der Waals surface area contributed by atoms with Gasteiger partial charge in [0.2, 0.25) is 0 Å². The Morgan fingerprint density at radius 2 is 2.04 bits per heavy atom. The average molecular weight is 351 g/mol. The van der Waals surface area contributed by atoms with Crippen molar-refractivity contribution >= 4 is 12.4 Å². The molecule has 3 rings (SSSR count). The average Bonchev–Trinajstić information content (AvgIpc) is 3.15. The maximum absolute atomic E-state index is 9.91. The van der Waals surface area contributed by atoms with Crippen LogP contribution in [0, 0.1) is 0 Å². The van der Waals surface area contributed by atoms with Gasteiger partial charge in [-0.3, -0.25) is 14.9 Å². The third kappa shape index (κ3) is 4.16. The third-order valence-corrected chi connectivity index (χ3v) is 4.69. The molecule has 0 spiro atoms. The Labute approximate surface area is 154 Å². The lowest BCUT2D eigenvalue weighted by atomic mass is 10.2. The van der Waals surface area contributed by atoms with Gasteiger partial charge in [0.1, 0.15) is 5.70 Å². The Morgan fingerprint density at radius 1 is 1.27 bits per heavy atom. The largest absolute Gasteiger partial charge is 0.390 e. The van der Waals surface area contributed by atoms with Crippen LogP contribution in [0.2, 0.25) is 0 Å². The fourth-order valence-electron chi connectivity index (χ4n) is 3.35. The highest BCUT2D eigenvalue weighted by Crippen LogP contribution is 2.24. The van der Waals surface area contributed by atoms with Crippen LogP contribution in [-0.4, -0.2) is 52.5 Å². The minimum atomic E-state index is -0.212. The molecule has 136 valence electrons. The van der Waals surface area contributed by atoms with Gasteiger partial charge in [-0.05, 0) is 30.8 Å². The minimum absolute atomic E-state index is 0.112. The summed E-state index contributed by atoms with van der Waals surface area (Å²) in [6.45, 7) is 6.12. The molecule has 0 amide bonds. The van der Waals surface area contributed by atoms with Crippen molar-refractivity contribution in [1.29, 1.82) is 0 Å². The molecule has 3 N–H and O–H groups in total. The van der Waals surface area contributed by atoms with Crippen molar-refractivity contribution in [3.63, 3.8) is 0 Å². The van der Waals surface area contributed by atoms with E-state index in [4.69, 9.17) is 5.84 Å². The fourth-order valence-corrected chi connectivity index (χ4v) is 3.35. The second-order valence-electron chi connectivity index (χ2n) is 6.40. The number of hydrogen-bond donors (Lipinski definition) is 2. The molecule has 1 aromatic heterocycles. The first kappa shape index (κ1) is 18.3. The van der Waals surface area contributed by atoms with E-state index in [1.807, 2.05) is 24.3 Å². The van der Waals surface area contributed by atoms with Gasteiger partial charge in [-0.15, -0.1) is 0 Å². The Hall–Kier alpha value is -2.54. The van der Waals surface area contributed by atoms with Crippen molar-refractivity contribution in [3.8, 4) is 0 Å². The number of aliphatic hydroxyl groups excluding tert-OH is 1. The minimum Gasteiger partial charge on any atom is -0.390 e. The molecule has 6 heteroatoms. The molecule has 1 saturated heterocycles. The van der Waals surface area contributed by atoms with E-state index in [1.165, 1.54) is 5.56 Å². The van der Waals surface area contributed by atoms with E-state index in [-0.39, 0.29) is 12.6 Å². The van der Waals surface area contributed by atoms with Crippen molar-refractivity contribution in [2.45, 2.75) is 19.0 Å². The number of nitrogens with two attached hydrogens (primary N) is 1. The molecular weight excluding hydrogens is 326 g/mol. The van der Waals surface area contributed by atoms with E-state index in [9.17, 15) is 5.11 Å². The van der Waals surface area contributed by atoms with Crippen molar-refractivity contribution in [2.24, 2.45) is 10.8 Å². The summed E-state index contributed by atoms with van der Waals surface area (Å²) in [4.78, 5) is 10.8. The normalized spacial score (nSPS) is 18.5. The molecule has 1 aliphatic heterocycles. The van der Waals surface area contributed by atoms with Gasteiger partial charge < -0.3 is 10.1 Å². The molecule has 1 atom stereocenters.